The lowest BCUT2D eigenvalue weighted by Gasteiger charge is -2.05. The summed E-state index contributed by atoms with van der Waals surface area (Å²) >= 11 is 3.39. The predicted molar refractivity (Wildman–Crippen MR) is 60.0 cm³/mol. The second kappa shape index (κ2) is 5.15. The van der Waals surface area contributed by atoms with Crippen LogP contribution in [0.15, 0.2) is 18.2 Å². The van der Waals surface area contributed by atoms with Crippen LogP contribution in [0.5, 0.6) is 0 Å². The average molecular weight is 257 g/mol. The van der Waals surface area contributed by atoms with E-state index in [0.29, 0.717) is 5.56 Å². The molecule has 0 aliphatic carbocycles. The summed E-state index contributed by atoms with van der Waals surface area (Å²) in [5, 5.41) is 0.936. The van der Waals surface area contributed by atoms with Gasteiger partial charge in [0.05, 0.1) is 12.7 Å². The number of aryl methyl sites for hydroxylation is 2. The maximum atomic E-state index is 11.2. The minimum atomic E-state index is -0.279. The van der Waals surface area contributed by atoms with E-state index in [0.717, 1.165) is 17.3 Å². The first kappa shape index (κ1) is 11.2. The number of hydrogen-bond acceptors (Lipinski definition) is 2. The molecule has 0 radical (unpaired) electrons. The lowest BCUT2D eigenvalue weighted by atomic mass is 10.0. The van der Waals surface area contributed by atoms with Gasteiger partial charge in [-0.1, -0.05) is 22.0 Å². The van der Waals surface area contributed by atoms with Gasteiger partial charge in [-0.2, -0.15) is 0 Å². The van der Waals surface area contributed by atoms with E-state index in [-0.39, 0.29) is 5.97 Å². The predicted octanol–water partition coefficient (Wildman–Crippen LogP) is 2.72. The topological polar surface area (TPSA) is 26.3 Å². The Morgan fingerprint density at radius 2 is 2.21 bits per heavy atom. The molecule has 0 spiro atoms. The molecule has 0 atom stereocenters. The minimum absolute atomic E-state index is 0.279. The summed E-state index contributed by atoms with van der Waals surface area (Å²) < 4.78 is 4.64. The molecule has 2 nitrogen and oxygen atoms in total. The van der Waals surface area contributed by atoms with Gasteiger partial charge in [-0.3, -0.25) is 0 Å². The van der Waals surface area contributed by atoms with E-state index < -0.39 is 0 Å². The molecule has 0 aliphatic rings. The Bertz CT molecular complexity index is 334. The number of esters is 1. The highest BCUT2D eigenvalue weighted by Gasteiger charge is 2.06. The van der Waals surface area contributed by atoms with Crippen LogP contribution in [-0.4, -0.2) is 18.4 Å². The molecular formula is C11H13BrO2. The van der Waals surface area contributed by atoms with Crippen LogP contribution >= 0.6 is 15.9 Å². The highest BCUT2D eigenvalue weighted by Crippen LogP contribution is 2.13. The number of alkyl halides is 1. The van der Waals surface area contributed by atoms with Gasteiger partial charge in [0.25, 0.3) is 0 Å². The zero-order valence-electron chi connectivity index (χ0n) is 8.34. The lowest BCUT2D eigenvalue weighted by molar-refractivity contribution is 0.0600. The van der Waals surface area contributed by atoms with Gasteiger partial charge < -0.3 is 4.74 Å². The first-order valence-electron chi connectivity index (χ1n) is 4.43. The smallest absolute Gasteiger partial charge is 0.337 e. The molecule has 0 amide bonds. The van der Waals surface area contributed by atoms with Crippen LogP contribution in [0.1, 0.15) is 21.5 Å². The third-order valence-electron chi connectivity index (χ3n) is 2.13. The Labute approximate surface area is 92.4 Å². The summed E-state index contributed by atoms with van der Waals surface area (Å²) in [6.07, 6.45) is 0.979. The van der Waals surface area contributed by atoms with Gasteiger partial charge in [-0.25, -0.2) is 4.79 Å². The standard InChI is InChI=1S/C11H13BrO2/c1-8-7-10(11(13)14-2)4-3-9(8)5-6-12/h3-4,7H,5-6H2,1-2H3. The molecule has 0 heterocycles. The Morgan fingerprint density at radius 1 is 1.50 bits per heavy atom. The zero-order valence-corrected chi connectivity index (χ0v) is 9.93. The van der Waals surface area contributed by atoms with Crippen molar-refractivity contribution < 1.29 is 9.53 Å². The number of carbonyl (C=O) groups excluding carboxylic acids is 1. The molecule has 0 saturated heterocycles. The Balaban J connectivity index is 2.94. The van der Waals surface area contributed by atoms with Crippen molar-refractivity contribution in [3.8, 4) is 0 Å². The molecule has 14 heavy (non-hydrogen) atoms. The summed E-state index contributed by atoms with van der Waals surface area (Å²) in [5.74, 6) is -0.279. The van der Waals surface area contributed by atoms with E-state index in [2.05, 4.69) is 20.7 Å². The van der Waals surface area contributed by atoms with E-state index in [1.165, 1.54) is 12.7 Å². The number of benzene rings is 1. The molecule has 1 rings (SSSR count). The number of ether oxygens (including phenoxy) is 1. The maximum Gasteiger partial charge on any atom is 0.337 e. The number of methoxy groups -OCH3 is 1. The van der Waals surface area contributed by atoms with Gasteiger partial charge in [0.15, 0.2) is 0 Å². The Hall–Kier alpha value is -0.830. The summed E-state index contributed by atoms with van der Waals surface area (Å²) in [4.78, 5) is 11.2. The SMILES string of the molecule is COC(=O)c1ccc(CCBr)c(C)c1. The van der Waals surface area contributed by atoms with E-state index >= 15 is 0 Å². The van der Waals surface area contributed by atoms with Gasteiger partial charge in [-0.05, 0) is 36.6 Å². The van der Waals surface area contributed by atoms with Crippen LogP contribution in [-0.2, 0) is 11.2 Å². The van der Waals surface area contributed by atoms with Crippen molar-refractivity contribution in [2.45, 2.75) is 13.3 Å². The first-order valence-corrected chi connectivity index (χ1v) is 5.55. The third kappa shape index (κ3) is 2.58. The maximum absolute atomic E-state index is 11.2. The highest BCUT2D eigenvalue weighted by atomic mass is 79.9. The van der Waals surface area contributed by atoms with E-state index in [9.17, 15) is 4.79 Å². The van der Waals surface area contributed by atoms with Gasteiger partial charge in [0.1, 0.15) is 0 Å². The summed E-state index contributed by atoms with van der Waals surface area (Å²) in [5.41, 5.74) is 3.00. The molecule has 0 N–H and O–H groups in total. The third-order valence-corrected chi connectivity index (χ3v) is 2.52. The van der Waals surface area contributed by atoms with Crippen molar-refractivity contribution in [3.63, 3.8) is 0 Å². The van der Waals surface area contributed by atoms with E-state index in [4.69, 9.17) is 0 Å². The van der Waals surface area contributed by atoms with Gasteiger partial charge in [0, 0.05) is 5.33 Å². The Kier molecular flexibility index (Phi) is 4.14. The molecule has 0 bridgehead atoms. The molecule has 3 heteroatoms. The fourth-order valence-electron chi connectivity index (χ4n) is 1.32. The van der Waals surface area contributed by atoms with Crippen molar-refractivity contribution in [3.05, 3.63) is 34.9 Å². The number of hydrogen-bond donors (Lipinski definition) is 0. The van der Waals surface area contributed by atoms with Crippen LogP contribution < -0.4 is 0 Å². The van der Waals surface area contributed by atoms with Crippen molar-refractivity contribution in [2.24, 2.45) is 0 Å². The molecule has 0 aliphatic heterocycles. The van der Waals surface area contributed by atoms with Crippen molar-refractivity contribution in [1.29, 1.82) is 0 Å². The largest absolute Gasteiger partial charge is 0.465 e. The highest BCUT2D eigenvalue weighted by molar-refractivity contribution is 9.09. The van der Waals surface area contributed by atoms with Crippen LogP contribution in [0.2, 0.25) is 0 Å². The number of carbonyl (C=O) groups is 1. The number of halogens is 1. The summed E-state index contributed by atoms with van der Waals surface area (Å²) in [7, 11) is 1.39. The monoisotopic (exact) mass is 256 g/mol. The quantitative estimate of drug-likeness (QED) is 0.614. The molecule has 0 aromatic heterocycles. The Morgan fingerprint density at radius 3 is 2.71 bits per heavy atom. The molecule has 0 unspecified atom stereocenters. The summed E-state index contributed by atoms with van der Waals surface area (Å²) in [6, 6.07) is 5.64. The fraction of sp³-hybridized carbons (Fsp3) is 0.364. The lowest BCUT2D eigenvalue weighted by Crippen LogP contribution is -2.02. The van der Waals surface area contributed by atoms with Crippen molar-refractivity contribution in [2.75, 3.05) is 12.4 Å². The second-order valence-electron chi connectivity index (χ2n) is 3.07. The molecular weight excluding hydrogens is 244 g/mol. The van der Waals surface area contributed by atoms with Crippen LogP contribution in [0.3, 0.4) is 0 Å². The van der Waals surface area contributed by atoms with Crippen LogP contribution in [0.25, 0.3) is 0 Å². The fourth-order valence-corrected chi connectivity index (χ4v) is 1.75. The van der Waals surface area contributed by atoms with Gasteiger partial charge >= 0.3 is 5.97 Å². The normalized spacial score (nSPS) is 9.93. The molecule has 0 fully saturated rings. The molecule has 1 aromatic carbocycles. The van der Waals surface area contributed by atoms with Crippen molar-refractivity contribution >= 4 is 21.9 Å². The molecule has 0 saturated carbocycles. The van der Waals surface area contributed by atoms with Crippen LogP contribution in [0, 0.1) is 6.92 Å². The van der Waals surface area contributed by atoms with Crippen molar-refractivity contribution in [1.82, 2.24) is 0 Å². The zero-order chi connectivity index (χ0) is 10.6. The molecule has 1 aromatic rings. The van der Waals surface area contributed by atoms with E-state index in [1.807, 2.05) is 19.1 Å². The first-order chi connectivity index (χ1) is 6.69. The molecule has 76 valence electrons. The minimum Gasteiger partial charge on any atom is -0.465 e. The summed E-state index contributed by atoms with van der Waals surface area (Å²) in [6.45, 7) is 2.00. The van der Waals surface area contributed by atoms with E-state index in [1.54, 1.807) is 6.07 Å². The van der Waals surface area contributed by atoms with Crippen LogP contribution in [0.4, 0.5) is 0 Å². The van der Waals surface area contributed by atoms with Gasteiger partial charge in [0.2, 0.25) is 0 Å². The second-order valence-corrected chi connectivity index (χ2v) is 3.86. The average Bonchev–Trinajstić information content (AvgIpc) is 2.20. The number of rotatable bonds is 3. The van der Waals surface area contributed by atoms with Gasteiger partial charge in [-0.15, -0.1) is 0 Å².